The first kappa shape index (κ1) is 29.5. The summed E-state index contributed by atoms with van der Waals surface area (Å²) in [4.78, 5) is 2.38. The molecular formula is C49H35NO. The van der Waals surface area contributed by atoms with Gasteiger partial charge >= 0.3 is 0 Å². The van der Waals surface area contributed by atoms with E-state index in [-0.39, 0.29) is 5.41 Å². The van der Waals surface area contributed by atoms with Gasteiger partial charge < -0.3 is 9.64 Å². The van der Waals surface area contributed by atoms with Crippen LogP contribution < -0.4 is 9.64 Å². The van der Waals surface area contributed by atoms with Crippen molar-refractivity contribution in [1.29, 1.82) is 0 Å². The van der Waals surface area contributed by atoms with E-state index in [1.54, 1.807) is 0 Å². The zero-order valence-electron chi connectivity index (χ0n) is 28.6. The third kappa shape index (κ3) is 4.71. The molecule has 51 heavy (non-hydrogen) atoms. The molecule has 1 aliphatic heterocycles. The summed E-state index contributed by atoms with van der Waals surface area (Å²) in [7, 11) is 0. The zero-order chi connectivity index (χ0) is 34.1. The quantitative estimate of drug-likeness (QED) is 0.183. The Morgan fingerprint density at radius 2 is 0.980 bits per heavy atom. The van der Waals surface area contributed by atoms with Crippen LogP contribution in [-0.2, 0) is 5.41 Å². The Bertz CT molecular complexity index is 2610. The number of fused-ring (bicyclic) bond motifs is 5. The lowest BCUT2D eigenvalue weighted by molar-refractivity contribution is 0.487. The van der Waals surface area contributed by atoms with E-state index in [1.165, 1.54) is 49.7 Å². The Labute approximate surface area is 298 Å². The van der Waals surface area contributed by atoms with Crippen molar-refractivity contribution >= 4 is 27.8 Å². The topological polar surface area (TPSA) is 12.5 Å². The number of anilines is 3. The van der Waals surface area contributed by atoms with Gasteiger partial charge in [-0.25, -0.2) is 0 Å². The molecule has 1 aliphatic carbocycles. The van der Waals surface area contributed by atoms with Gasteiger partial charge in [-0.3, -0.25) is 0 Å². The number of benzene rings is 8. The Kier molecular flexibility index (Phi) is 6.56. The summed E-state index contributed by atoms with van der Waals surface area (Å²) in [5.41, 5.74) is 15.7. The maximum atomic E-state index is 6.50. The third-order valence-corrected chi connectivity index (χ3v) is 10.9. The molecule has 2 nitrogen and oxygen atoms in total. The van der Waals surface area contributed by atoms with Crippen LogP contribution in [0.3, 0.4) is 0 Å². The number of ether oxygens (including phenoxy) is 1. The van der Waals surface area contributed by atoms with E-state index < -0.39 is 0 Å². The number of hydrogen-bond acceptors (Lipinski definition) is 2. The number of rotatable bonds is 5. The summed E-state index contributed by atoms with van der Waals surface area (Å²) >= 11 is 0. The van der Waals surface area contributed by atoms with Crippen LogP contribution >= 0.6 is 0 Å². The predicted molar refractivity (Wildman–Crippen MR) is 213 cm³/mol. The standard InChI is InChI=1S/C49H35NO/c1-49(2)44-16-7-6-14-40(44)43-31-39(27-29-45(43)49)50(37-23-18-33(19-24-37)32-10-4-3-5-11-32)38-25-20-34(21-26-38)36-22-28-41-42-15-8-12-35-13-9-17-46(48(35)42)51-47(41)30-36/h3-31H,1-2H3. The first-order chi connectivity index (χ1) is 25.0. The van der Waals surface area contributed by atoms with Crippen molar-refractivity contribution in [1.82, 2.24) is 0 Å². The Hall–Kier alpha value is -6.38. The second kappa shape index (κ2) is 11.3. The summed E-state index contributed by atoms with van der Waals surface area (Å²) in [5.74, 6) is 1.81. The highest BCUT2D eigenvalue weighted by Crippen LogP contribution is 2.51. The van der Waals surface area contributed by atoms with Crippen LogP contribution in [0.15, 0.2) is 176 Å². The Morgan fingerprint density at radius 1 is 0.392 bits per heavy atom. The van der Waals surface area contributed by atoms with Crippen LogP contribution in [0.25, 0.3) is 55.3 Å². The molecule has 242 valence electrons. The highest BCUT2D eigenvalue weighted by Gasteiger charge is 2.35. The molecule has 0 saturated carbocycles. The second-order valence-corrected chi connectivity index (χ2v) is 14.2. The molecule has 0 unspecified atom stereocenters. The van der Waals surface area contributed by atoms with Crippen LogP contribution in [0.1, 0.15) is 25.0 Å². The van der Waals surface area contributed by atoms with Crippen LogP contribution in [0.5, 0.6) is 11.5 Å². The first-order valence-electron chi connectivity index (χ1n) is 17.7. The summed E-state index contributed by atoms with van der Waals surface area (Å²) in [6.45, 7) is 4.67. The molecule has 0 saturated heterocycles. The zero-order valence-corrected chi connectivity index (χ0v) is 28.6. The molecule has 0 N–H and O–H groups in total. The highest BCUT2D eigenvalue weighted by atomic mass is 16.5. The smallest absolute Gasteiger partial charge is 0.135 e. The van der Waals surface area contributed by atoms with Gasteiger partial charge in [0, 0.05) is 33.4 Å². The van der Waals surface area contributed by atoms with E-state index in [2.05, 4.69) is 195 Å². The van der Waals surface area contributed by atoms with Gasteiger partial charge in [0.15, 0.2) is 0 Å². The summed E-state index contributed by atoms with van der Waals surface area (Å²) < 4.78 is 6.50. The van der Waals surface area contributed by atoms with Crippen molar-refractivity contribution in [3.63, 3.8) is 0 Å². The van der Waals surface area contributed by atoms with Gasteiger partial charge in [0.05, 0.1) is 0 Å². The van der Waals surface area contributed by atoms with Gasteiger partial charge in [-0.1, -0.05) is 135 Å². The molecule has 1 heterocycles. The third-order valence-electron chi connectivity index (χ3n) is 10.9. The lowest BCUT2D eigenvalue weighted by atomic mass is 9.82. The van der Waals surface area contributed by atoms with Crippen LogP contribution in [0.4, 0.5) is 17.1 Å². The molecule has 0 fully saturated rings. The Morgan fingerprint density at radius 3 is 1.75 bits per heavy atom. The lowest BCUT2D eigenvalue weighted by Gasteiger charge is -2.27. The van der Waals surface area contributed by atoms with Crippen molar-refractivity contribution in [3.8, 4) is 56.0 Å². The summed E-state index contributed by atoms with van der Waals surface area (Å²) in [6.07, 6.45) is 0. The maximum Gasteiger partial charge on any atom is 0.135 e. The SMILES string of the molecule is CC1(C)c2ccccc2-c2cc(N(c3ccc(-c4ccccc4)cc3)c3ccc(-c4ccc5c(c4)Oc4cccc6cccc-5c46)cc3)ccc21. The van der Waals surface area contributed by atoms with Crippen molar-refractivity contribution in [2.45, 2.75) is 19.3 Å². The van der Waals surface area contributed by atoms with E-state index in [0.29, 0.717) is 0 Å². The lowest BCUT2D eigenvalue weighted by Crippen LogP contribution is -2.15. The van der Waals surface area contributed by atoms with Gasteiger partial charge in [0.2, 0.25) is 0 Å². The number of nitrogens with zero attached hydrogens (tertiary/aromatic N) is 1. The van der Waals surface area contributed by atoms with Crippen LogP contribution in [-0.4, -0.2) is 0 Å². The van der Waals surface area contributed by atoms with Gasteiger partial charge in [0.25, 0.3) is 0 Å². The van der Waals surface area contributed by atoms with E-state index >= 15 is 0 Å². The summed E-state index contributed by atoms with van der Waals surface area (Å²) in [5, 5.41) is 2.38. The largest absolute Gasteiger partial charge is 0.456 e. The van der Waals surface area contributed by atoms with Crippen molar-refractivity contribution < 1.29 is 4.74 Å². The van der Waals surface area contributed by atoms with E-state index in [1.807, 2.05) is 0 Å². The predicted octanol–water partition coefficient (Wildman–Crippen LogP) is 13.7. The molecule has 2 aliphatic rings. The molecule has 8 aromatic rings. The van der Waals surface area contributed by atoms with Crippen molar-refractivity contribution in [2.75, 3.05) is 4.90 Å². The monoisotopic (exact) mass is 653 g/mol. The average molecular weight is 654 g/mol. The molecule has 0 amide bonds. The fraction of sp³-hybridized carbons (Fsp3) is 0.0612. The van der Waals surface area contributed by atoms with E-state index in [9.17, 15) is 0 Å². The maximum absolute atomic E-state index is 6.50. The molecule has 2 heteroatoms. The first-order valence-corrected chi connectivity index (χ1v) is 17.7. The Balaban J connectivity index is 1.05. The molecule has 0 atom stereocenters. The van der Waals surface area contributed by atoms with Gasteiger partial charge in [-0.05, 0) is 110 Å². The van der Waals surface area contributed by atoms with Crippen molar-refractivity contribution in [3.05, 3.63) is 187 Å². The van der Waals surface area contributed by atoms with E-state index in [4.69, 9.17) is 4.74 Å². The van der Waals surface area contributed by atoms with Crippen LogP contribution in [0.2, 0.25) is 0 Å². The molecule has 0 aromatic heterocycles. The minimum Gasteiger partial charge on any atom is -0.456 e. The number of hydrogen-bond donors (Lipinski definition) is 0. The average Bonchev–Trinajstić information content (AvgIpc) is 3.41. The molecular weight excluding hydrogens is 619 g/mol. The molecule has 0 radical (unpaired) electrons. The fourth-order valence-electron chi connectivity index (χ4n) is 8.27. The molecule has 8 aromatic carbocycles. The van der Waals surface area contributed by atoms with Crippen molar-refractivity contribution in [2.24, 2.45) is 0 Å². The minimum absolute atomic E-state index is 0.0402. The minimum atomic E-state index is -0.0402. The molecule has 10 rings (SSSR count). The second-order valence-electron chi connectivity index (χ2n) is 14.2. The summed E-state index contributed by atoms with van der Waals surface area (Å²) in [6, 6.07) is 63.6. The van der Waals surface area contributed by atoms with Gasteiger partial charge in [0.1, 0.15) is 11.5 Å². The molecule has 0 bridgehead atoms. The van der Waals surface area contributed by atoms with Gasteiger partial charge in [-0.15, -0.1) is 0 Å². The fourth-order valence-corrected chi connectivity index (χ4v) is 8.27. The molecule has 0 spiro atoms. The highest BCUT2D eigenvalue weighted by molar-refractivity contribution is 6.04. The van der Waals surface area contributed by atoms with Gasteiger partial charge in [-0.2, -0.15) is 0 Å². The van der Waals surface area contributed by atoms with Crippen LogP contribution in [0, 0.1) is 0 Å². The van der Waals surface area contributed by atoms with E-state index in [0.717, 1.165) is 45.3 Å². The normalized spacial score (nSPS) is 13.2.